The molecule has 7 heteroatoms. The largest absolute Gasteiger partial charge is 0.493 e. The number of hydrogen-bond donors (Lipinski definition) is 0. The Hall–Kier alpha value is -1.78. The van der Waals surface area contributed by atoms with E-state index in [0.29, 0.717) is 5.56 Å². The van der Waals surface area contributed by atoms with Crippen molar-refractivity contribution in [1.82, 2.24) is 4.31 Å². The molecule has 0 saturated carbocycles. The van der Waals surface area contributed by atoms with Gasteiger partial charge >= 0.3 is 10.3 Å². The molecule has 0 amide bonds. The van der Waals surface area contributed by atoms with Crippen molar-refractivity contribution >= 4 is 10.3 Å². The lowest BCUT2D eigenvalue weighted by molar-refractivity contribution is 0.376. The van der Waals surface area contributed by atoms with Gasteiger partial charge in [-0.05, 0) is 12.1 Å². The summed E-state index contributed by atoms with van der Waals surface area (Å²) in [5.74, 6) is 0.231. The highest BCUT2D eigenvalue weighted by molar-refractivity contribution is 7.84. The SMILES string of the molecule is COc1cc(C#N)ccc1OS(=O)(=O)N(C)C. The fourth-order valence-electron chi connectivity index (χ4n) is 0.994. The van der Waals surface area contributed by atoms with Gasteiger partial charge in [0.2, 0.25) is 0 Å². The lowest BCUT2D eigenvalue weighted by Gasteiger charge is -2.14. The molecule has 1 rings (SSSR count). The van der Waals surface area contributed by atoms with Crippen molar-refractivity contribution in [2.45, 2.75) is 0 Å². The zero-order valence-corrected chi connectivity index (χ0v) is 10.5. The molecule has 17 heavy (non-hydrogen) atoms. The molecule has 1 aromatic carbocycles. The van der Waals surface area contributed by atoms with E-state index in [2.05, 4.69) is 0 Å². The van der Waals surface area contributed by atoms with Crippen molar-refractivity contribution < 1.29 is 17.3 Å². The zero-order valence-electron chi connectivity index (χ0n) is 9.67. The summed E-state index contributed by atoms with van der Waals surface area (Å²) < 4.78 is 33.7. The van der Waals surface area contributed by atoms with Gasteiger partial charge in [0, 0.05) is 20.2 Å². The van der Waals surface area contributed by atoms with E-state index in [1.807, 2.05) is 6.07 Å². The molecule has 0 aliphatic carbocycles. The minimum Gasteiger partial charge on any atom is -0.493 e. The lowest BCUT2D eigenvalue weighted by Crippen LogP contribution is -2.27. The van der Waals surface area contributed by atoms with Crippen LogP contribution in [0.15, 0.2) is 18.2 Å². The second-order valence-electron chi connectivity index (χ2n) is 3.30. The van der Waals surface area contributed by atoms with Gasteiger partial charge in [-0.25, -0.2) is 0 Å². The Balaban J connectivity index is 3.13. The van der Waals surface area contributed by atoms with Crippen molar-refractivity contribution in [3.05, 3.63) is 23.8 Å². The van der Waals surface area contributed by atoms with Crippen LogP contribution >= 0.6 is 0 Å². The molecule has 0 atom stereocenters. The first-order valence-corrected chi connectivity index (χ1v) is 5.97. The van der Waals surface area contributed by atoms with Crippen LogP contribution in [-0.2, 0) is 10.3 Å². The summed E-state index contributed by atoms with van der Waals surface area (Å²) in [6.45, 7) is 0. The third kappa shape index (κ3) is 3.09. The summed E-state index contributed by atoms with van der Waals surface area (Å²) in [4.78, 5) is 0. The Morgan fingerprint density at radius 2 is 1.94 bits per heavy atom. The van der Waals surface area contributed by atoms with E-state index < -0.39 is 10.3 Å². The summed E-state index contributed by atoms with van der Waals surface area (Å²) in [5.41, 5.74) is 0.358. The molecule has 0 bridgehead atoms. The van der Waals surface area contributed by atoms with Crippen LogP contribution in [0.25, 0.3) is 0 Å². The topological polar surface area (TPSA) is 79.6 Å². The van der Waals surface area contributed by atoms with Gasteiger partial charge in [0.05, 0.1) is 18.7 Å². The summed E-state index contributed by atoms with van der Waals surface area (Å²) >= 11 is 0. The fourth-order valence-corrected chi connectivity index (χ4v) is 1.51. The van der Waals surface area contributed by atoms with Crippen molar-refractivity contribution in [1.29, 1.82) is 5.26 Å². The van der Waals surface area contributed by atoms with Crippen LogP contribution in [0.3, 0.4) is 0 Å². The van der Waals surface area contributed by atoms with E-state index in [4.69, 9.17) is 14.2 Å². The lowest BCUT2D eigenvalue weighted by atomic mass is 10.2. The quantitative estimate of drug-likeness (QED) is 0.794. The van der Waals surface area contributed by atoms with Crippen LogP contribution in [0.2, 0.25) is 0 Å². The van der Waals surface area contributed by atoms with Crippen LogP contribution < -0.4 is 8.92 Å². The molecular formula is C10H12N2O4S. The van der Waals surface area contributed by atoms with Crippen LogP contribution in [0.4, 0.5) is 0 Å². The minimum absolute atomic E-state index is 0.0419. The standard InChI is InChI=1S/C10H12N2O4S/c1-12(2)17(13,14)16-9-5-4-8(7-11)6-10(9)15-3/h4-6H,1-3H3. The molecule has 6 nitrogen and oxygen atoms in total. The first-order chi connectivity index (χ1) is 7.90. The summed E-state index contributed by atoms with van der Waals surface area (Å²) in [5, 5.41) is 8.70. The molecule has 92 valence electrons. The van der Waals surface area contributed by atoms with Crippen LogP contribution in [0.5, 0.6) is 11.5 Å². The number of ether oxygens (including phenoxy) is 1. The predicted octanol–water partition coefficient (Wildman–Crippen LogP) is 0.752. The third-order valence-corrected chi connectivity index (χ3v) is 3.22. The molecule has 0 unspecified atom stereocenters. The van der Waals surface area contributed by atoms with Crippen molar-refractivity contribution in [2.24, 2.45) is 0 Å². The molecule has 0 fully saturated rings. The molecule has 0 radical (unpaired) electrons. The predicted molar refractivity (Wildman–Crippen MR) is 60.9 cm³/mol. The highest BCUT2D eigenvalue weighted by Crippen LogP contribution is 2.29. The average molecular weight is 256 g/mol. The number of benzene rings is 1. The van der Waals surface area contributed by atoms with Crippen molar-refractivity contribution in [3.63, 3.8) is 0 Å². The normalized spacial score (nSPS) is 11.0. The van der Waals surface area contributed by atoms with Crippen LogP contribution in [0, 0.1) is 11.3 Å². The molecule has 0 N–H and O–H groups in total. The molecule has 0 aromatic heterocycles. The Labute approximate surface area is 100 Å². The molecular weight excluding hydrogens is 244 g/mol. The summed E-state index contributed by atoms with van der Waals surface area (Å²) in [7, 11) is 0.239. The van der Waals surface area contributed by atoms with E-state index in [0.717, 1.165) is 4.31 Å². The Morgan fingerprint density at radius 1 is 1.29 bits per heavy atom. The number of nitrogens with zero attached hydrogens (tertiary/aromatic N) is 2. The second-order valence-corrected chi connectivity index (χ2v) is 5.05. The van der Waals surface area contributed by atoms with E-state index in [1.165, 1.54) is 39.4 Å². The number of rotatable bonds is 4. The fraction of sp³-hybridized carbons (Fsp3) is 0.300. The first kappa shape index (κ1) is 13.3. The highest BCUT2D eigenvalue weighted by Gasteiger charge is 2.18. The Kier molecular flexibility index (Phi) is 3.93. The summed E-state index contributed by atoms with van der Waals surface area (Å²) in [6, 6.07) is 6.14. The molecule has 0 aliphatic heterocycles. The third-order valence-electron chi connectivity index (χ3n) is 1.94. The maximum absolute atomic E-state index is 11.5. The molecule has 0 spiro atoms. The summed E-state index contributed by atoms with van der Waals surface area (Å²) in [6.07, 6.45) is 0. The second kappa shape index (κ2) is 5.03. The maximum Gasteiger partial charge on any atom is 0.384 e. The zero-order chi connectivity index (χ0) is 13.1. The molecule has 1 aromatic rings. The van der Waals surface area contributed by atoms with Gasteiger partial charge in [0.25, 0.3) is 0 Å². The van der Waals surface area contributed by atoms with E-state index in [1.54, 1.807) is 0 Å². The number of hydrogen-bond acceptors (Lipinski definition) is 5. The smallest absolute Gasteiger partial charge is 0.384 e. The molecule has 0 saturated heterocycles. The average Bonchev–Trinajstić information content (AvgIpc) is 2.29. The maximum atomic E-state index is 11.5. The van der Waals surface area contributed by atoms with Gasteiger partial charge in [-0.15, -0.1) is 0 Å². The van der Waals surface area contributed by atoms with Crippen LogP contribution in [0.1, 0.15) is 5.56 Å². The highest BCUT2D eigenvalue weighted by atomic mass is 32.2. The number of methoxy groups -OCH3 is 1. The van der Waals surface area contributed by atoms with Gasteiger partial charge in [-0.3, -0.25) is 0 Å². The van der Waals surface area contributed by atoms with Gasteiger partial charge in [0.15, 0.2) is 11.5 Å². The van der Waals surface area contributed by atoms with Gasteiger partial charge in [0.1, 0.15) is 0 Å². The number of nitriles is 1. The molecule has 0 heterocycles. The van der Waals surface area contributed by atoms with Crippen LogP contribution in [-0.4, -0.2) is 33.9 Å². The first-order valence-electron chi connectivity index (χ1n) is 4.61. The Bertz CT molecular complexity index is 546. The van der Waals surface area contributed by atoms with Crippen molar-refractivity contribution in [3.8, 4) is 17.6 Å². The molecule has 0 aliphatic rings. The van der Waals surface area contributed by atoms with Gasteiger partial charge in [-0.2, -0.15) is 18.0 Å². The van der Waals surface area contributed by atoms with Gasteiger partial charge in [-0.1, -0.05) is 0 Å². The minimum atomic E-state index is -3.83. The van der Waals surface area contributed by atoms with E-state index in [-0.39, 0.29) is 11.5 Å². The van der Waals surface area contributed by atoms with Gasteiger partial charge < -0.3 is 8.92 Å². The van der Waals surface area contributed by atoms with Crippen molar-refractivity contribution in [2.75, 3.05) is 21.2 Å². The van der Waals surface area contributed by atoms with E-state index in [9.17, 15) is 8.42 Å². The monoisotopic (exact) mass is 256 g/mol. The Morgan fingerprint density at radius 3 is 2.41 bits per heavy atom. The van der Waals surface area contributed by atoms with E-state index >= 15 is 0 Å².